The summed E-state index contributed by atoms with van der Waals surface area (Å²) in [7, 11) is 0. The first-order valence-corrected chi connectivity index (χ1v) is 17.6. The van der Waals surface area contributed by atoms with Crippen LogP contribution in [0.1, 0.15) is 0 Å². The quantitative estimate of drug-likeness (QED) is 0.168. The van der Waals surface area contributed by atoms with Crippen molar-refractivity contribution in [2.75, 3.05) is 4.90 Å². The summed E-state index contributed by atoms with van der Waals surface area (Å²) >= 11 is 0. The minimum absolute atomic E-state index is 0.626. The second-order valence-electron chi connectivity index (χ2n) is 13.1. The van der Waals surface area contributed by atoms with Crippen LogP contribution < -0.4 is 4.90 Å². The summed E-state index contributed by atoms with van der Waals surface area (Å²) in [6.45, 7) is 0. The number of hydrogen-bond acceptors (Lipinski definition) is 5. The van der Waals surface area contributed by atoms with Gasteiger partial charge in [-0.1, -0.05) is 103 Å². The minimum Gasteiger partial charge on any atom is -0.436 e. The summed E-state index contributed by atoms with van der Waals surface area (Å²) < 4.78 is 12.4. The van der Waals surface area contributed by atoms with Crippen LogP contribution in [0, 0.1) is 0 Å². The second-order valence-corrected chi connectivity index (χ2v) is 13.1. The van der Waals surface area contributed by atoms with E-state index < -0.39 is 0 Å². The van der Waals surface area contributed by atoms with Crippen molar-refractivity contribution in [1.29, 1.82) is 0 Å². The van der Waals surface area contributed by atoms with Crippen LogP contribution in [-0.2, 0) is 0 Å². The molecule has 2 heterocycles. The van der Waals surface area contributed by atoms with E-state index in [-0.39, 0.29) is 0 Å². The van der Waals surface area contributed by atoms with Gasteiger partial charge >= 0.3 is 0 Å². The predicted octanol–water partition coefficient (Wildman–Crippen LogP) is 13.3. The molecular formula is C48H31N3O2. The van der Waals surface area contributed by atoms with Gasteiger partial charge in [-0.15, -0.1) is 0 Å². The number of anilines is 3. The molecule has 0 spiro atoms. The monoisotopic (exact) mass is 681 g/mol. The fourth-order valence-corrected chi connectivity index (χ4v) is 6.99. The summed E-state index contributed by atoms with van der Waals surface area (Å²) in [6, 6.07) is 64.9. The van der Waals surface area contributed by atoms with E-state index in [4.69, 9.17) is 18.8 Å². The third kappa shape index (κ3) is 5.80. The standard InChI is InChI=1S/C48H31N3O2/c1-3-10-35(11-4-1)47-49-43-27-20-38(30-45(43)52-47)33-15-22-40(23-16-33)51(42-26-19-32-9-7-8-14-37(32)29-42)41-24-17-34(18-25-41)39-21-28-44-46(31-39)53-48(50-44)36-12-5-2-6-13-36/h1-31H. The summed E-state index contributed by atoms with van der Waals surface area (Å²) in [6.07, 6.45) is 0. The number of aromatic nitrogens is 2. The maximum atomic E-state index is 6.18. The van der Waals surface area contributed by atoms with Crippen molar-refractivity contribution >= 4 is 50.0 Å². The van der Waals surface area contributed by atoms with Crippen LogP contribution in [0.3, 0.4) is 0 Å². The number of rotatable bonds is 7. The van der Waals surface area contributed by atoms with Crippen LogP contribution in [0.2, 0.25) is 0 Å². The average molecular weight is 682 g/mol. The van der Waals surface area contributed by atoms with Crippen LogP contribution in [0.15, 0.2) is 197 Å². The Kier molecular flexibility index (Phi) is 7.40. The normalized spacial score (nSPS) is 11.4. The molecular weight excluding hydrogens is 651 g/mol. The number of benzene rings is 8. The molecule has 53 heavy (non-hydrogen) atoms. The Morgan fingerprint density at radius 3 is 1.26 bits per heavy atom. The Morgan fingerprint density at radius 1 is 0.321 bits per heavy atom. The van der Waals surface area contributed by atoms with E-state index in [9.17, 15) is 0 Å². The molecule has 0 aliphatic carbocycles. The van der Waals surface area contributed by atoms with E-state index in [1.807, 2.05) is 72.8 Å². The highest BCUT2D eigenvalue weighted by molar-refractivity contribution is 5.90. The molecule has 2 aromatic heterocycles. The zero-order valence-electron chi connectivity index (χ0n) is 28.6. The molecule has 0 aliphatic rings. The molecule has 10 rings (SSSR count). The largest absolute Gasteiger partial charge is 0.436 e. The molecule has 8 aromatic carbocycles. The lowest BCUT2D eigenvalue weighted by atomic mass is 10.0. The zero-order valence-corrected chi connectivity index (χ0v) is 28.6. The molecule has 5 nitrogen and oxygen atoms in total. The Bertz CT molecular complexity index is 2720. The zero-order chi connectivity index (χ0) is 35.1. The first-order chi connectivity index (χ1) is 26.2. The van der Waals surface area contributed by atoms with Crippen LogP contribution in [0.25, 0.3) is 78.1 Å². The van der Waals surface area contributed by atoms with Gasteiger partial charge in [0.1, 0.15) is 11.0 Å². The summed E-state index contributed by atoms with van der Waals surface area (Å²) in [5, 5.41) is 2.40. The Hall–Kier alpha value is -7.24. The third-order valence-corrected chi connectivity index (χ3v) is 9.73. The number of fused-ring (bicyclic) bond motifs is 3. The second kappa shape index (κ2) is 12.8. The molecule has 5 heteroatoms. The highest BCUT2D eigenvalue weighted by Crippen LogP contribution is 2.39. The lowest BCUT2D eigenvalue weighted by molar-refractivity contribution is 0.619. The van der Waals surface area contributed by atoms with Crippen molar-refractivity contribution in [2.24, 2.45) is 0 Å². The molecule has 0 atom stereocenters. The number of oxazole rings is 2. The van der Waals surface area contributed by atoms with Crippen molar-refractivity contribution in [2.45, 2.75) is 0 Å². The molecule has 0 saturated heterocycles. The lowest BCUT2D eigenvalue weighted by Gasteiger charge is -2.26. The minimum atomic E-state index is 0.626. The fraction of sp³-hybridized carbons (Fsp3) is 0. The Labute approximate surface area is 306 Å². The van der Waals surface area contributed by atoms with Gasteiger partial charge in [0.15, 0.2) is 11.2 Å². The predicted molar refractivity (Wildman–Crippen MR) is 216 cm³/mol. The van der Waals surface area contributed by atoms with E-state index in [1.54, 1.807) is 0 Å². The molecule has 10 aromatic rings. The maximum Gasteiger partial charge on any atom is 0.227 e. The van der Waals surface area contributed by atoms with Crippen LogP contribution >= 0.6 is 0 Å². The van der Waals surface area contributed by atoms with Crippen molar-refractivity contribution in [3.63, 3.8) is 0 Å². The van der Waals surface area contributed by atoms with E-state index in [2.05, 4.69) is 120 Å². The maximum absolute atomic E-state index is 6.18. The highest BCUT2D eigenvalue weighted by atomic mass is 16.4. The van der Waals surface area contributed by atoms with Gasteiger partial charge in [0.25, 0.3) is 0 Å². The van der Waals surface area contributed by atoms with Crippen molar-refractivity contribution < 1.29 is 8.83 Å². The molecule has 0 saturated carbocycles. The summed E-state index contributed by atoms with van der Waals surface area (Å²) in [5.74, 6) is 1.25. The van der Waals surface area contributed by atoms with Gasteiger partial charge in [0.05, 0.1) is 0 Å². The van der Waals surface area contributed by atoms with Gasteiger partial charge in [-0.2, -0.15) is 0 Å². The SMILES string of the molecule is c1ccc(-c2nc3ccc(-c4ccc(N(c5ccc(-c6ccc7nc(-c8ccccc8)oc7c6)cc5)c5ccc6ccccc6c5)cc4)cc3o2)cc1. The topological polar surface area (TPSA) is 55.3 Å². The smallest absolute Gasteiger partial charge is 0.227 e. The molecule has 0 amide bonds. The van der Waals surface area contributed by atoms with E-state index in [0.717, 1.165) is 72.6 Å². The van der Waals surface area contributed by atoms with Gasteiger partial charge < -0.3 is 13.7 Å². The third-order valence-electron chi connectivity index (χ3n) is 9.73. The van der Waals surface area contributed by atoms with E-state index in [1.165, 1.54) is 10.8 Å². The lowest BCUT2D eigenvalue weighted by Crippen LogP contribution is -2.09. The number of nitrogens with zero attached hydrogens (tertiary/aromatic N) is 3. The van der Waals surface area contributed by atoms with Crippen LogP contribution in [0.5, 0.6) is 0 Å². The Balaban J connectivity index is 0.989. The molecule has 0 bridgehead atoms. The van der Waals surface area contributed by atoms with Crippen molar-refractivity contribution in [1.82, 2.24) is 9.97 Å². The van der Waals surface area contributed by atoms with Gasteiger partial charge in [0, 0.05) is 28.2 Å². The first-order valence-electron chi connectivity index (χ1n) is 17.6. The van der Waals surface area contributed by atoms with E-state index >= 15 is 0 Å². The van der Waals surface area contributed by atoms with Crippen LogP contribution in [0.4, 0.5) is 17.1 Å². The Morgan fingerprint density at radius 2 is 0.755 bits per heavy atom. The fourth-order valence-electron chi connectivity index (χ4n) is 6.99. The molecule has 0 unspecified atom stereocenters. The highest BCUT2D eigenvalue weighted by Gasteiger charge is 2.16. The summed E-state index contributed by atoms with van der Waals surface area (Å²) in [5.41, 5.74) is 12.7. The molecule has 0 radical (unpaired) electrons. The van der Waals surface area contributed by atoms with Crippen molar-refractivity contribution in [3.05, 3.63) is 188 Å². The van der Waals surface area contributed by atoms with Gasteiger partial charge in [0.2, 0.25) is 11.8 Å². The first kappa shape index (κ1) is 30.6. The van der Waals surface area contributed by atoms with Gasteiger partial charge in [-0.25, -0.2) is 9.97 Å². The van der Waals surface area contributed by atoms with Crippen molar-refractivity contribution in [3.8, 4) is 45.2 Å². The van der Waals surface area contributed by atoms with E-state index in [0.29, 0.717) is 11.8 Å². The van der Waals surface area contributed by atoms with Gasteiger partial charge in [-0.3, -0.25) is 0 Å². The molecule has 0 aliphatic heterocycles. The molecule has 0 N–H and O–H groups in total. The van der Waals surface area contributed by atoms with Crippen LogP contribution in [-0.4, -0.2) is 9.97 Å². The average Bonchev–Trinajstić information content (AvgIpc) is 3.87. The molecule has 250 valence electrons. The van der Waals surface area contributed by atoms with Gasteiger partial charge in [-0.05, 0) is 118 Å². The summed E-state index contributed by atoms with van der Waals surface area (Å²) in [4.78, 5) is 11.7. The number of hydrogen-bond donors (Lipinski definition) is 0. The molecule has 0 fully saturated rings.